The number of aliphatic hydroxyl groups excluding tert-OH is 1. The van der Waals surface area contributed by atoms with Crippen molar-refractivity contribution in [1.29, 1.82) is 0 Å². The van der Waals surface area contributed by atoms with Gasteiger partial charge in [0, 0.05) is 36.7 Å². The summed E-state index contributed by atoms with van der Waals surface area (Å²) in [5.74, 6) is -0.320. The fourth-order valence-corrected chi connectivity index (χ4v) is 4.77. The molecule has 0 spiro atoms. The molecule has 0 saturated heterocycles. The minimum absolute atomic E-state index is 0.129. The highest BCUT2D eigenvalue weighted by molar-refractivity contribution is 6.06. The summed E-state index contributed by atoms with van der Waals surface area (Å²) in [6, 6.07) is 3.69. The molecule has 0 radical (unpaired) electrons. The van der Waals surface area contributed by atoms with Crippen molar-refractivity contribution in [3.05, 3.63) is 58.8 Å². The summed E-state index contributed by atoms with van der Waals surface area (Å²) >= 11 is 0. The van der Waals surface area contributed by atoms with Gasteiger partial charge in [0.2, 0.25) is 0 Å². The van der Waals surface area contributed by atoms with Crippen LogP contribution in [0.2, 0.25) is 0 Å². The summed E-state index contributed by atoms with van der Waals surface area (Å²) < 4.78 is 3.60. The van der Waals surface area contributed by atoms with E-state index in [-0.39, 0.29) is 23.5 Å². The number of carbonyl (C=O) groups is 2. The van der Waals surface area contributed by atoms with E-state index >= 15 is 0 Å². The molecule has 31 heavy (non-hydrogen) atoms. The van der Waals surface area contributed by atoms with Crippen LogP contribution in [0.1, 0.15) is 51.5 Å². The maximum Gasteiger partial charge on any atom is 0.276 e. The Bertz CT molecular complexity index is 1220. The lowest BCUT2D eigenvalue weighted by Crippen LogP contribution is -2.41. The minimum Gasteiger partial charge on any atom is -0.391 e. The van der Waals surface area contributed by atoms with Gasteiger partial charge in [-0.2, -0.15) is 5.10 Å². The number of hydrogen-bond acceptors (Lipinski definition) is 5. The fourth-order valence-electron chi connectivity index (χ4n) is 4.77. The number of amides is 2. The number of nitrogens with two attached hydrogens (primary N) is 1. The van der Waals surface area contributed by atoms with Crippen LogP contribution in [0.4, 0.5) is 5.82 Å². The van der Waals surface area contributed by atoms with Gasteiger partial charge < -0.3 is 15.4 Å². The number of aromatic nitrogens is 4. The molecule has 9 nitrogen and oxygen atoms in total. The fraction of sp³-hybridized carbons (Fsp3) is 0.364. The number of nitrogens with zero attached hydrogens (tertiary/aromatic N) is 5. The van der Waals surface area contributed by atoms with Gasteiger partial charge in [-0.25, -0.2) is 9.67 Å². The van der Waals surface area contributed by atoms with Gasteiger partial charge in [0.05, 0.1) is 24.1 Å². The van der Waals surface area contributed by atoms with Crippen molar-refractivity contribution in [2.24, 2.45) is 11.1 Å². The van der Waals surface area contributed by atoms with Crippen molar-refractivity contribution in [2.45, 2.75) is 39.8 Å². The average Bonchev–Trinajstić information content (AvgIpc) is 3.41. The lowest BCUT2D eigenvalue weighted by Gasteiger charge is -2.30. The van der Waals surface area contributed by atoms with Crippen LogP contribution in [0.25, 0.3) is 5.69 Å². The van der Waals surface area contributed by atoms with E-state index in [1.807, 2.05) is 6.07 Å². The van der Waals surface area contributed by atoms with Gasteiger partial charge in [0.15, 0.2) is 0 Å². The zero-order valence-electron chi connectivity index (χ0n) is 17.5. The molecule has 2 amide bonds. The minimum atomic E-state index is -0.589. The molecule has 2 aliphatic rings. The summed E-state index contributed by atoms with van der Waals surface area (Å²) in [6.45, 7) is 5.30. The van der Waals surface area contributed by atoms with Gasteiger partial charge in [0.1, 0.15) is 11.5 Å². The van der Waals surface area contributed by atoms with Crippen LogP contribution in [0.3, 0.4) is 0 Å². The Morgan fingerprint density at radius 1 is 1.29 bits per heavy atom. The Morgan fingerprint density at radius 3 is 2.81 bits per heavy atom. The van der Waals surface area contributed by atoms with E-state index < -0.39 is 5.91 Å². The van der Waals surface area contributed by atoms with E-state index in [9.17, 15) is 14.7 Å². The highest BCUT2D eigenvalue weighted by Crippen LogP contribution is 2.39. The second-order valence-electron chi connectivity index (χ2n) is 8.96. The normalized spacial score (nSPS) is 17.0. The Morgan fingerprint density at radius 2 is 2.10 bits per heavy atom. The largest absolute Gasteiger partial charge is 0.391 e. The lowest BCUT2D eigenvalue weighted by atomic mass is 9.90. The first kappa shape index (κ1) is 19.5. The Hall–Kier alpha value is -3.46. The van der Waals surface area contributed by atoms with Crippen molar-refractivity contribution in [3.8, 4) is 5.69 Å². The first-order valence-electron chi connectivity index (χ1n) is 10.3. The molecule has 5 rings (SSSR count). The third-order valence-corrected chi connectivity index (χ3v) is 6.16. The SMILES string of the molecule is CC1(C)Cc2cc3n(c2C1)CCN(c1nccc(-n2cc(C(N)=O)cn2)c1CO)C3=O. The Labute approximate surface area is 179 Å². The number of carbonyl (C=O) groups excluding carboxylic acids is 2. The summed E-state index contributed by atoms with van der Waals surface area (Å²) in [5.41, 5.74) is 9.97. The van der Waals surface area contributed by atoms with Crippen LogP contribution < -0.4 is 10.6 Å². The van der Waals surface area contributed by atoms with Crippen molar-refractivity contribution < 1.29 is 14.7 Å². The van der Waals surface area contributed by atoms with Crippen LogP contribution in [-0.4, -0.2) is 42.8 Å². The van der Waals surface area contributed by atoms with Gasteiger partial charge in [0.25, 0.3) is 11.8 Å². The third-order valence-electron chi connectivity index (χ3n) is 6.16. The molecule has 0 saturated carbocycles. The standard InChI is InChI=1S/C22H24N6O3/c1-22(2)8-13-7-17-21(31)27(6-5-26(17)18(13)9-22)20-15(12-29)16(3-4-24-20)28-11-14(10-25-28)19(23)30/h3-4,7,10-11,29H,5-6,8-9,12H2,1-2H3,(H2,23,30). The zero-order valence-corrected chi connectivity index (χ0v) is 17.5. The summed E-state index contributed by atoms with van der Waals surface area (Å²) in [5, 5.41) is 14.3. The summed E-state index contributed by atoms with van der Waals surface area (Å²) in [7, 11) is 0. The Balaban J connectivity index is 1.53. The van der Waals surface area contributed by atoms with Gasteiger partial charge in [-0.15, -0.1) is 0 Å². The molecule has 0 bridgehead atoms. The number of pyridine rings is 1. The van der Waals surface area contributed by atoms with E-state index in [4.69, 9.17) is 5.73 Å². The maximum absolute atomic E-state index is 13.4. The third kappa shape index (κ3) is 3.04. The van der Waals surface area contributed by atoms with Crippen LogP contribution >= 0.6 is 0 Å². The highest BCUT2D eigenvalue weighted by atomic mass is 16.3. The number of aliphatic hydroxyl groups is 1. The highest BCUT2D eigenvalue weighted by Gasteiger charge is 2.37. The van der Waals surface area contributed by atoms with E-state index in [1.165, 1.54) is 28.3 Å². The van der Waals surface area contributed by atoms with Gasteiger partial charge in [-0.05, 0) is 36.0 Å². The topological polar surface area (TPSA) is 119 Å². The molecular weight excluding hydrogens is 396 g/mol. The molecule has 9 heteroatoms. The molecule has 3 aromatic heterocycles. The molecule has 0 aromatic carbocycles. The molecule has 0 unspecified atom stereocenters. The van der Waals surface area contributed by atoms with Crippen LogP contribution in [0.15, 0.2) is 30.7 Å². The number of fused-ring (bicyclic) bond motifs is 3. The van der Waals surface area contributed by atoms with E-state index in [0.717, 1.165) is 12.8 Å². The van der Waals surface area contributed by atoms with Crippen molar-refractivity contribution in [3.63, 3.8) is 0 Å². The van der Waals surface area contributed by atoms with Gasteiger partial charge >= 0.3 is 0 Å². The molecule has 0 atom stereocenters. The lowest BCUT2D eigenvalue weighted by molar-refractivity contribution is 0.0961. The second kappa shape index (κ2) is 6.78. The molecule has 0 fully saturated rings. The molecule has 1 aliphatic heterocycles. The number of primary amides is 1. The number of hydrogen-bond donors (Lipinski definition) is 2. The van der Waals surface area contributed by atoms with E-state index in [2.05, 4.69) is 28.5 Å². The summed E-state index contributed by atoms with van der Waals surface area (Å²) in [4.78, 5) is 30.8. The first-order chi connectivity index (χ1) is 14.8. The number of anilines is 1. The first-order valence-corrected chi connectivity index (χ1v) is 10.3. The molecular formula is C22H24N6O3. The zero-order chi connectivity index (χ0) is 21.9. The quantitative estimate of drug-likeness (QED) is 0.662. The monoisotopic (exact) mass is 420 g/mol. The van der Waals surface area contributed by atoms with Crippen LogP contribution in [0, 0.1) is 5.41 Å². The molecule has 160 valence electrons. The van der Waals surface area contributed by atoms with Crippen molar-refractivity contribution in [1.82, 2.24) is 19.3 Å². The number of rotatable bonds is 4. The smallest absolute Gasteiger partial charge is 0.276 e. The van der Waals surface area contributed by atoms with Gasteiger partial charge in [-0.3, -0.25) is 14.5 Å². The average molecular weight is 420 g/mol. The predicted molar refractivity (Wildman–Crippen MR) is 113 cm³/mol. The molecule has 1 aliphatic carbocycles. The van der Waals surface area contributed by atoms with Crippen molar-refractivity contribution in [2.75, 3.05) is 11.4 Å². The van der Waals surface area contributed by atoms with Crippen LogP contribution in [-0.2, 0) is 26.0 Å². The van der Waals surface area contributed by atoms with E-state index in [0.29, 0.717) is 35.9 Å². The molecule has 3 N–H and O–H groups in total. The summed E-state index contributed by atoms with van der Waals surface area (Å²) in [6.07, 6.45) is 6.36. The Kier molecular flexibility index (Phi) is 4.26. The van der Waals surface area contributed by atoms with E-state index in [1.54, 1.807) is 17.2 Å². The molecule has 4 heterocycles. The molecule has 3 aromatic rings. The maximum atomic E-state index is 13.4. The predicted octanol–water partition coefficient (Wildman–Crippen LogP) is 1.45. The van der Waals surface area contributed by atoms with Crippen molar-refractivity contribution >= 4 is 17.6 Å². The second-order valence-corrected chi connectivity index (χ2v) is 8.96. The van der Waals surface area contributed by atoms with Gasteiger partial charge in [-0.1, -0.05) is 13.8 Å². The van der Waals surface area contributed by atoms with Crippen LogP contribution in [0.5, 0.6) is 0 Å².